The van der Waals surface area contributed by atoms with Gasteiger partial charge < -0.3 is 10.2 Å². The molecule has 1 fully saturated rings. The SMILES string of the molecule is Cc1nnc(N2CCC(CNC(=O)C3CCc4ccccc43)CC2)c2ccccc12. The average Bonchev–Trinajstić information content (AvgIpc) is 3.23. The molecular formula is C25H28N4O. The highest BCUT2D eigenvalue weighted by atomic mass is 16.1. The number of carbonyl (C=O) groups excluding carboxylic acids is 1. The van der Waals surface area contributed by atoms with E-state index in [1.54, 1.807) is 0 Å². The van der Waals surface area contributed by atoms with Crippen LogP contribution < -0.4 is 10.2 Å². The number of aromatic nitrogens is 2. The highest BCUT2D eigenvalue weighted by Crippen LogP contribution is 2.33. The first-order valence-corrected chi connectivity index (χ1v) is 11.0. The molecule has 0 spiro atoms. The number of piperidine rings is 1. The van der Waals surface area contributed by atoms with Crippen molar-refractivity contribution in [2.75, 3.05) is 24.5 Å². The summed E-state index contributed by atoms with van der Waals surface area (Å²) in [6.07, 6.45) is 4.07. The molecule has 1 atom stereocenters. The zero-order chi connectivity index (χ0) is 20.5. The number of anilines is 1. The number of aryl methyl sites for hydroxylation is 2. The second kappa shape index (κ2) is 8.05. The van der Waals surface area contributed by atoms with E-state index in [4.69, 9.17) is 0 Å². The lowest BCUT2D eigenvalue weighted by Crippen LogP contribution is -2.40. The number of fused-ring (bicyclic) bond motifs is 2. The van der Waals surface area contributed by atoms with E-state index in [1.807, 2.05) is 13.0 Å². The largest absolute Gasteiger partial charge is 0.355 e. The maximum Gasteiger partial charge on any atom is 0.227 e. The van der Waals surface area contributed by atoms with Gasteiger partial charge in [0, 0.05) is 30.4 Å². The van der Waals surface area contributed by atoms with E-state index in [-0.39, 0.29) is 11.8 Å². The minimum absolute atomic E-state index is 0.0236. The van der Waals surface area contributed by atoms with Crippen molar-refractivity contribution in [1.82, 2.24) is 15.5 Å². The van der Waals surface area contributed by atoms with E-state index in [2.05, 4.69) is 62.9 Å². The number of nitrogens with one attached hydrogen (secondary N) is 1. The van der Waals surface area contributed by atoms with E-state index in [1.165, 1.54) is 21.9 Å². The van der Waals surface area contributed by atoms with Gasteiger partial charge in [0.1, 0.15) is 0 Å². The van der Waals surface area contributed by atoms with Crippen LogP contribution in [0.5, 0.6) is 0 Å². The maximum absolute atomic E-state index is 12.8. The van der Waals surface area contributed by atoms with Gasteiger partial charge in [-0.25, -0.2) is 0 Å². The summed E-state index contributed by atoms with van der Waals surface area (Å²) in [6, 6.07) is 16.7. The smallest absolute Gasteiger partial charge is 0.227 e. The third-order valence-electron chi connectivity index (χ3n) is 6.78. The summed E-state index contributed by atoms with van der Waals surface area (Å²) in [6.45, 7) is 4.69. The molecule has 2 aromatic carbocycles. The Labute approximate surface area is 177 Å². The molecule has 2 heterocycles. The number of nitrogens with zero attached hydrogens (tertiary/aromatic N) is 3. The fourth-order valence-corrected chi connectivity index (χ4v) is 5.00. The molecule has 30 heavy (non-hydrogen) atoms. The van der Waals surface area contributed by atoms with Crippen LogP contribution in [0.1, 0.15) is 42.0 Å². The predicted octanol–water partition coefficient (Wildman–Crippen LogP) is 4.00. The van der Waals surface area contributed by atoms with Gasteiger partial charge in [-0.3, -0.25) is 4.79 Å². The van der Waals surface area contributed by atoms with E-state index < -0.39 is 0 Å². The molecular weight excluding hydrogens is 372 g/mol. The fraction of sp³-hybridized carbons (Fsp3) is 0.400. The van der Waals surface area contributed by atoms with Crippen molar-refractivity contribution >= 4 is 22.5 Å². The first-order valence-electron chi connectivity index (χ1n) is 11.0. The lowest BCUT2D eigenvalue weighted by atomic mass is 9.95. The highest BCUT2D eigenvalue weighted by molar-refractivity contribution is 5.93. The zero-order valence-electron chi connectivity index (χ0n) is 17.5. The van der Waals surface area contributed by atoms with Gasteiger partial charge in [0.25, 0.3) is 0 Å². The van der Waals surface area contributed by atoms with Crippen molar-refractivity contribution in [1.29, 1.82) is 0 Å². The Morgan fingerprint density at radius 1 is 1.00 bits per heavy atom. The van der Waals surface area contributed by atoms with Crippen molar-refractivity contribution in [2.45, 2.75) is 38.5 Å². The van der Waals surface area contributed by atoms with Crippen molar-refractivity contribution in [2.24, 2.45) is 5.92 Å². The van der Waals surface area contributed by atoms with Gasteiger partial charge in [-0.2, -0.15) is 5.10 Å². The summed E-state index contributed by atoms with van der Waals surface area (Å²) in [5, 5.41) is 14.5. The number of carbonyl (C=O) groups is 1. The van der Waals surface area contributed by atoms with Crippen LogP contribution in [-0.2, 0) is 11.2 Å². The van der Waals surface area contributed by atoms with Gasteiger partial charge in [0.2, 0.25) is 5.91 Å². The van der Waals surface area contributed by atoms with Gasteiger partial charge in [0.05, 0.1) is 11.6 Å². The van der Waals surface area contributed by atoms with Gasteiger partial charge in [0.15, 0.2) is 5.82 Å². The molecule has 1 aliphatic heterocycles. The number of hydrogen-bond acceptors (Lipinski definition) is 4. The molecule has 1 unspecified atom stereocenters. The average molecular weight is 401 g/mol. The monoisotopic (exact) mass is 400 g/mol. The quantitative estimate of drug-likeness (QED) is 0.719. The molecule has 0 saturated carbocycles. The summed E-state index contributed by atoms with van der Waals surface area (Å²) < 4.78 is 0. The first kappa shape index (κ1) is 19.0. The molecule has 5 rings (SSSR count). The fourth-order valence-electron chi connectivity index (χ4n) is 5.00. The summed E-state index contributed by atoms with van der Waals surface area (Å²) in [7, 11) is 0. The summed E-state index contributed by atoms with van der Waals surface area (Å²) in [5.41, 5.74) is 3.52. The van der Waals surface area contributed by atoms with Gasteiger partial charge in [-0.1, -0.05) is 48.5 Å². The Bertz CT molecular complexity index is 1070. The number of benzene rings is 2. The highest BCUT2D eigenvalue weighted by Gasteiger charge is 2.29. The minimum Gasteiger partial charge on any atom is -0.355 e. The Hall–Kier alpha value is -2.95. The molecule has 0 radical (unpaired) electrons. The molecule has 1 aromatic heterocycles. The van der Waals surface area contributed by atoms with Crippen molar-refractivity contribution < 1.29 is 4.79 Å². The van der Waals surface area contributed by atoms with Crippen LogP contribution in [0.2, 0.25) is 0 Å². The normalized spacial score (nSPS) is 19.1. The number of hydrogen-bond donors (Lipinski definition) is 1. The van der Waals surface area contributed by atoms with Crippen LogP contribution in [0.15, 0.2) is 48.5 Å². The van der Waals surface area contributed by atoms with Gasteiger partial charge in [-0.05, 0) is 49.7 Å². The van der Waals surface area contributed by atoms with Gasteiger partial charge >= 0.3 is 0 Å². The van der Waals surface area contributed by atoms with Crippen LogP contribution in [0, 0.1) is 12.8 Å². The van der Waals surface area contributed by atoms with Gasteiger partial charge in [-0.15, -0.1) is 5.10 Å². The third-order valence-corrected chi connectivity index (χ3v) is 6.78. The van der Waals surface area contributed by atoms with E-state index in [9.17, 15) is 4.79 Å². The standard InChI is InChI=1S/C25H28N4O/c1-17-20-7-4-5-9-22(20)24(28-27-17)29-14-12-18(13-15-29)16-26-25(30)23-11-10-19-6-2-3-8-21(19)23/h2-9,18,23H,10-16H2,1H3,(H,26,30). The molecule has 1 N–H and O–H groups in total. The van der Waals surface area contributed by atoms with E-state index in [0.29, 0.717) is 5.92 Å². The second-order valence-corrected chi connectivity index (χ2v) is 8.62. The van der Waals surface area contributed by atoms with Crippen LogP contribution in [0.4, 0.5) is 5.82 Å². The number of rotatable bonds is 4. The molecule has 5 heteroatoms. The predicted molar refractivity (Wildman–Crippen MR) is 120 cm³/mol. The maximum atomic E-state index is 12.8. The topological polar surface area (TPSA) is 58.1 Å². The van der Waals surface area contributed by atoms with E-state index in [0.717, 1.165) is 56.8 Å². The zero-order valence-corrected chi connectivity index (χ0v) is 17.5. The van der Waals surface area contributed by atoms with Crippen LogP contribution in [0.25, 0.3) is 10.8 Å². The molecule has 1 saturated heterocycles. The molecule has 1 aliphatic carbocycles. The lowest BCUT2D eigenvalue weighted by molar-refractivity contribution is -0.122. The van der Waals surface area contributed by atoms with Crippen molar-refractivity contribution in [3.8, 4) is 0 Å². The minimum atomic E-state index is 0.0236. The van der Waals surface area contributed by atoms with Crippen LogP contribution >= 0.6 is 0 Å². The molecule has 5 nitrogen and oxygen atoms in total. The Balaban J connectivity index is 1.19. The lowest BCUT2D eigenvalue weighted by Gasteiger charge is -2.33. The number of amides is 1. The molecule has 2 aliphatic rings. The van der Waals surface area contributed by atoms with Crippen LogP contribution in [-0.4, -0.2) is 35.7 Å². The molecule has 154 valence electrons. The Morgan fingerprint density at radius 2 is 1.73 bits per heavy atom. The first-order chi connectivity index (χ1) is 14.7. The second-order valence-electron chi connectivity index (χ2n) is 8.62. The summed E-state index contributed by atoms with van der Waals surface area (Å²) in [5.74, 6) is 1.72. The van der Waals surface area contributed by atoms with Crippen molar-refractivity contribution in [3.05, 3.63) is 65.4 Å². The Morgan fingerprint density at radius 3 is 2.57 bits per heavy atom. The van der Waals surface area contributed by atoms with Crippen molar-refractivity contribution in [3.63, 3.8) is 0 Å². The molecule has 1 amide bonds. The van der Waals surface area contributed by atoms with E-state index >= 15 is 0 Å². The van der Waals surface area contributed by atoms with Crippen LogP contribution in [0.3, 0.4) is 0 Å². The summed E-state index contributed by atoms with van der Waals surface area (Å²) in [4.78, 5) is 15.1. The molecule has 3 aromatic rings. The molecule has 0 bridgehead atoms. The Kier molecular flexibility index (Phi) is 5.11. The summed E-state index contributed by atoms with van der Waals surface area (Å²) >= 11 is 0. The third kappa shape index (κ3) is 3.53.